The summed E-state index contributed by atoms with van der Waals surface area (Å²) < 4.78 is 16.0. The van der Waals surface area contributed by atoms with E-state index in [-0.39, 0.29) is 5.63 Å². The maximum Gasteiger partial charge on any atom is 0.336 e. The molecule has 0 N–H and O–H groups in total. The van der Waals surface area contributed by atoms with Crippen molar-refractivity contribution in [3.63, 3.8) is 0 Å². The predicted octanol–water partition coefficient (Wildman–Crippen LogP) is 3.99. The maximum absolute atomic E-state index is 11.8. The van der Waals surface area contributed by atoms with Gasteiger partial charge in [-0.15, -0.1) is 0 Å². The number of ether oxygens (including phenoxy) is 1. The molecule has 124 valence electrons. The van der Waals surface area contributed by atoms with Gasteiger partial charge in [-0.3, -0.25) is 0 Å². The van der Waals surface area contributed by atoms with Crippen LogP contribution in [0, 0.1) is 6.92 Å². The van der Waals surface area contributed by atoms with E-state index in [1.54, 1.807) is 6.08 Å². The molecule has 0 amide bonds. The van der Waals surface area contributed by atoms with E-state index in [9.17, 15) is 9.59 Å². The second kappa shape index (κ2) is 6.35. The van der Waals surface area contributed by atoms with Crippen LogP contribution in [0.25, 0.3) is 28.0 Å². The molecule has 2 aromatic heterocycles. The minimum absolute atomic E-state index is 0.386. The number of hydrogen-bond acceptors (Lipinski definition) is 5. The fourth-order valence-electron chi connectivity index (χ4n) is 2.88. The smallest absolute Gasteiger partial charge is 0.336 e. The third-order valence-corrected chi connectivity index (χ3v) is 3.97. The van der Waals surface area contributed by atoms with Crippen molar-refractivity contribution in [1.82, 2.24) is 0 Å². The summed E-state index contributed by atoms with van der Waals surface area (Å²) in [6, 6.07) is 5.22. The van der Waals surface area contributed by atoms with Crippen molar-refractivity contribution in [3.05, 3.63) is 51.6 Å². The molecular weight excluding hydrogens is 308 g/mol. The van der Waals surface area contributed by atoms with E-state index in [0.29, 0.717) is 16.9 Å². The van der Waals surface area contributed by atoms with E-state index in [4.69, 9.17) is 8.83 Å². The van der Waals surface area contributed by atoms with E-state index in [0.717, 1.165) is 34.7 Å². The molecule has 0 unspecified atom stereocenters. The monoisotopic (exact) mass is 326 g/mol. The molecule has 0 aliphatic rings. The highest BCUT2D eigenvalue weighted by Gasteiger charge is 2.17. The number of aryl methyl sites for hydroxylation is 2. The molecule has 5 nitrogen and oxygen atoms in total. The summed E-state index contributed by atoms with van der Waals surface area (Å²) in [6.45, 7) is 3.93. The topological polar surface area (TPSA) is 69.7 Å². The molecule has 3 aromatic rings. The quantitative estimate of drug-likeness (QED) is 0.412. The second-order valence-corrected chi connectivity index (χ2v) is 5.62. The van der Waals surface area contributed by atoms with E-state index in [1.807, 2.05) is 19.1 Å². The number of fused-ring (bicyclic) bond motifs is 3. The predicted molar refractivity (Wildman–Crippen MR) is 92.0 cm³/mol. The normalized spacial score (nSPS) is 11.6. The molecule has 0 fully saturated rings. The van der Waals surface area contributed by atoms with E-state index in [1.165, 1.54) is 19.3 Å². The van der Waals surface area contributed by atoms with Gasteiger partial charge >= 0.3 is 11.6 Å². The Morgan fingerprint density at radius 3 is 2.79 bits per heavy atom. The Kier molecular flexibility index (Phi) is 4.25. The zero-order valence-electron chi connectivity index (χ0n) is 13.8. The Hall–Kier alpha value is -2.82. The fourth-order valence-corrected chi connectivity index (χ4v) is 2.88. The number of carbonyl (C=O) groups excluding carboxylic acids is 1. The van der Waals surface area contributed by atoms with E-state index < -0.39 is 5.97 Å². The van der Waals surface area contributed by atoms with Crippen LogP contribution in [0.1, 0.15) is 30.2 Å². The van der Waals surface area contributed by atoms with Crippen LogP contribution in [-0.2, 0) is 16.0 Å². The summed E-state index contributed by atoms with van der Waals surface area (Å²) in [5.74, 6) is 0.124. The Morgan fingerprint density at radius 2 is 2.08 bits per heavy atom. The van der Waals surface area contributed by atoms with Crippen LogP contribution in [0.5, 0.6) is 0 Å². The molecule has 1 aromatic carbocycles. The lowest BCUT2D eigenvalue weighted by molar-refractivity contribution is -0.134. The number of hydrogen-bond donors (Lipinski definition) is 0. The minimum Gasteiger partial charge on any atom is -0.466 e. The first-order chi connectivity index (χ1) is 11.5. The molecule has 0 aliphatic carbocycles. The lowest BCUT2D eigenvalue weighted by Gasteiger charge is -2.03. The van der Waals surface area contributed by atoms with Gasteiger partial charge < -0.3 is 13.6 Å². The number of esters is 1. The Morgan fingerprint density at radius 1 is 1.29 bits per heavy atom. The molecule has 0 bridgehead atoms. The number of rotatable bonds is 4. The van der Waals surface area contributed by atoms with Crippen LogP contribution >= 0.6 is 0 Å². The molecule has 0 saturated carbocycles. The van der Waals surface area contributed by atoms with Gasteiger partial charge in [0.15, 0.2) is 0 Å². The molecule has 5 heteroatoms. The lowest BCUT2D eigenvalue weighted by Crippen LogP contribution is -1.98. The van der Waals surface area contributed by atoms with Crippen LogP contribution in [0.4, 0.5) is 0 Å². The first-order valence-corrected chi connectivity index (χ1v) is 7.80. The largest absolute Gasteiger partial charge is 0.466 e. The molecule has 24 heavy (non-hydrogen) atoms. The zero-order chi connectivity index (χ0) is 17.3. The Balaban J connectivity index is 2.34. The van der Waals surface area contributed by atoms with Crippen molar-refractivity contribution in [2.24, 2.45) is 0 Å². The van der Waals surface area contributed by atoms with Crippen molar-refractivity contribution in [2.75, 3.05) is 7.11 Å². The van der Waals surface area contributed by atoms with Crippen LogP contribution < -0.4 is 5.63 Å². The van der Waals surface area contributed by atoms with Crippen LogP contribution in [0.3, 0.4) is 0 Å². The van der Waals surface area contributed by atoms with E-state index in [2.05, 4.69) is 11.7 Å². The highest BCUT2D eigenvalue weighted by atomic mass is 16.5. The van der Waals surface area contributed by atoms with Gasteiger partial charge in [0.05, 0.1) is 12.5 Å². The summed E-state index contributed by atoms with van der Waals surface area (Å²) in [7, 11) is 1.32. The number of carbonyl (C=O) groups is 1. The van der Waals surface area contributed by atoms with Gasteiger partial charge in [-0.2, -0.15) is 0 Å². The molecule has 0 saturated heterocycles. The van der Waals surface area contributed by atoms with Gasteiger partial charge in [0.25, 0.3) is 0 Å². The van der Waals surface area contributed by atoms with Gasteiger partial charge in [0, 0.05) is 23.1 Å². The van der Waals surface area contributed by atoms with Crippen LogP contribution in [-0.4, -0.2) is 13.1 Å². The molecular formula is C19H18O5. The fraction of sp³-hybridized carbons (Fsp3) is 0.263. The first-order valence-electron chi connectivity index (χ1n) is 7.80. The van der Waals surface area contributed by atoms with Crippen LogP contribution in [0.15, 0.2) is 37.9 Å². The van der Waals surface area contributed by atoms with Gasteiger partial charge in [-0.05, 0) is 37.1 Å². The Bertz CT molecular complexity index is 1000. The first kappa shape index (κ1) is 16.1. The highest BCUT2D eigenvalue weighted by molar-refractivity contribution is 6.06. The minimum atomic E-state index is -0.454. The average Bonchev–Trinajstić information content (AvgIpc) is 2.91. The second-order valence-electron chi connectivity index (χ2n) is 5.62. The summed E-state index contributed by atoms with van der Waals surface area (Å²) in [6.07, 6.45) is 4.54. The summed E-state index contributed by atoms with van der Waals surface area (Å²) in [4.78, 5) is 23.2. The van der Waals surface area contributed by atoms with Gasteiger partial charge in [-0.25, -0.2) is 9.59 Å². The molecule has 3 rings (SSSR count). The van der Waals surface area contributed by atoms with Gasteiger partial charge in [-0.1, -0.05) is 13.3 Å². The van der Waals surface area contributed by atoms with Crippen LogP contribution in [0.2, 0.25) is 0 Å². The number of methoxy groups -OCH3 is 1. The van der Waals surface area contributed by atoms with Crippen molar-refractivity contribution >= 4 is 34.0 Å². The highest BCUT2D eigenvalue weighted by Crippen LogP contribution is 2.34. The van der Waals surface area contributed by atoms with Crippen molar-refractivity contribution < 1.29 is 18.4 Å². The molecule has 0 spiro atoms. The zero-order valence-corrected chi connectivity index (χ0v) is 13.8. The number of furan rings is 1. The van der Waals surface area contributed by atoms with Crippen molar-refractivity contribution in [2.45, 2.75) is 26.7 Å². The number of benzene rings is 1. The average molecular weight is 326 g/mol. The summed E-state index contributed by atoms with van der Waals surface area (Å²) in [5, 5.41) is 1.67. The van der Waals surface area contributed by atoms with E-state index >= 15 is 0 Å². The van der Waals surface area contributed by atoms with Crippen molar-refractivity contribution in [3.8, 4) is 0 Å². The summed E-state index contributed by atoms with van der Waals surface area (Å²) >= 11 is 0. The SMILES string of the molecule is CCCc1c(/C=C/C(=O)OC)oc2ccc3c(C)cc(=O)oc3c12. The lowest BCUT2D eigenvalue weighted by atomic mass is 10.0. The molecule has 2 heterocycles. The Labute approximate surface area is 138 Å². The van der Waals surface area contributed by atoms with Crippen molar-refractivity contribution in [1.29, 1.82) is 0 Å². The third kappa shape index (κ3) is 2.73. The summed E-state index contributed by atoms with van der Waals surface area (Å²) in [5.41, 5.74) is 2.56. The van der Waals surface area contributed by atoms with Gasteiger partial charge in [0.2, 0.25) is 0 Å². The third-order valence-electron chi connectivity index (χ3n) is 3.97. The maximum atomic E-state index is 11.8. The molecule has 0 atom stereocenters. The molecule has 0 radical (unpaired) electrons. The van der Waals surface area contributed by atoms with Gasteiger partial charge in [0.1, 0.15) is 16.9 Å². The molecule has 0 aliphatic heterocycles. The standard InChI is InChI=1S/C19H18O5/c1-4-5-13-14(8-9-16(20)22-3)23-15-7-6-12-11(2)10-17(21)24-19(12)18(13)15/h6-10H,4-5H2,1-3H3/b9-8+.